The molecule has 102 valence electrons. The zero-order valence-electron chi connectivity index (χ0n) is 11.6. The van der Waals surface area contributed by atoms with Gasteiger partial charge in [-0.25, -0.2) is 0 Å². The third-order valence-corrected chi connectivity index (χ3v) is 4.34. The number of carbonyl (C=O) groups excluding carboxylic acids is 1. The largest absolute Gasteiger partial charge is 0.326 e. The molecule has 0 unspecified atom stereocenters. The van der Waals surface area contributed by atoms with Gasteiger partial charge in [-0.1, -0.05) is 12.5 Å². The second kappa shape index (κ2) is 5.33. The summed E-state index contributed by atoms with van der Waals surface area (Å²) >= 11 is 0. The Morgan fingerprint density at radius 2 is 1.89 bits per heavy atom. The van der Waals surface area contributed by atoms with Crippen molar-refractivity contribution in [3.8, 4) is 0 Å². The highest BCUT2D eigenvalue weighted by atomic mass is 16.1. The van der Waals surface area contributed by atoms with E-state index in [2.05, 4.69) is 22.3 Å². The number of rotatable bonds is 2. The van der Waals surface area contributed by atoms with Crippen molar-refractivity contribution in [1.82, 2.24) is 4.90 Å². The van der Waals surface area contributed by atoms with Crippen molar-refractivity contribution in [3.63, 3.8) is 0 Å². The molecule has 1 aromatic rings. The van der Waals surface area contributed by atoms with Crippen LogP contribution in [0.5, 0.6) is 0 Å². The number of likely N-dealkylation sites (tertiary alicyclic amines) is 1. The van der Waals surface area contributed by atoms with E-state index in [9.17, 15) is 4.79 Å². The van der Waals surface area contributed by atoms with Crippen LogP contribution in [0.2, 0.25) is 0 Å². The zero-order chi connectivity index (χ0) is 13.2. The minimum atomic E-state index is 0.00512. The Kier molecular flexibility index (Phi) is 3.56. The molecule has 0 aromatic heterocycles. The number of nitrogens with one attached hydrogen (secondary N) is 1. The van der Waals surface area contributed by atoms with Crippen molar-refractivity contribution < 1.29 is 4.79 Å². The SMILES string of the molecule is CC(=O)Nc1ccc2c(c1)C[C@H](N1CCCCC1)C2. The molecule has 1 atom stereocenters. The predicted octanol–water partition coefficient (Wildman–Crippen LogP) is 2.60. The van der Waals surface area contributed by atoms with Crippen LogP contribution in [0.3, 0.4) is 0 Å². The Morgan fingerprint density at radius 1 is 1.16 bits per heavy atom. The molecule has 1 aromatic carbocycles. The lowest BCUT2D eigenvalue weighted by Gasteiger charge is -2.32. The number of anilines is 1. The number of fused-ring (bicyclic) bond motifs is 1. The maximum atomic E-state index is 11.1. The van der Waals surface area contributed by atoms with Gasteiger partial charge in [0.05, 0.1) is 0 Å². The third-order valence-electron chi connectivity index (χ3n) is 4.34. The molecule has 0 radical (unpaired) electrons. The fraction of sp³-hybridized carbons (Fsp3) is 0.562. The third kappa shape index (κ3) is 2.81. The molecular formula is C16H22N2O. The lowest BCUT2D eigenvalue weighted by Crippen LogP contribution is -2.39. The first-order chi connectivity index (χ1) is 9.22. The van der Waals surface area contributed by atoms with E-state index >= 15 is 0 Å². The molecular weight excluding hydrogens is 236 g/mol. The van der Waals surface area contributed by atoms with Crippen LogP contribution in [0.1, 0.15) is 37.3 Å². The minimum absolute atomic E-state index is 0.00512. The summed E-state index contributed by atoms with van der Waals surface area (Å²) in [5.74, 6) is 0.00512. The quantitative estimate of drug-likeness (QED) is 0.884. The molecule has 0 bridgehead atoms. The molecule has 1 amide bonds. The van der Waals surface area contributed by atoms with Crippen molar-refractivity contribution in [2.24, 2.45) is 0 Å². The Labute approximate surface area is 115 Å². The number of nitrogens with zero attached hydrogens (tertiary/aromatic N) is 1. The van der Waals surface area contributed by atoms with Crippen molar-refractivity contribution in [1.29, 1.82) is 0 Å². The lowest BCUT2D eigenvalue weighted by atomic mass is 10.1. The van der Waals surface area contributed by atoms with Crippen LogP contribution in [-0.2, 0) is 17.6 Å². The molecule has 1 N–H and O–H groups in total. The van der Waals surface area contributed by atoms with Gasteiger partial charge >= 0.3 is 0 Å². The van der Waals surface area contributed by atoms with E-state index in [-0.39, 0.29) is 5.91 Å². The fourth-order valence-electron chi connectivity index (χ4n) is 3.42. The number of benzene rings is 1. The van der Waals surface area contributed by atoms with E-state index in [0.717, 1.165) is 12.1 Å². The summed E-state index contributed by atoms with van der Waals surface area (Å²) in [5.41, 5.74) is 3.82. The summed E-state index contributed by atoms with van der Waals surface area (Å²) in [6.45, 7) is 4.08. The lowest BCUT2D eigenvalue weighted by molar-refractivity contribution is -0.114. The fourth-order valence-corrected chi connectivity index (χ4v) is 3.42. The van der Waals surface area contributed by atoms with Crippen LogP contribution in [0.4, 0.5) is 5.69 Å². The van der Waals surface area contributed by atoms with Gasteiger partial charge in [0.25, 0.3) is 0 Å². The molecule has 2 aliphatic rings. The Bertz CT molecular complexity index is 478. The van der Waals surface area contributed by atoms with Gasteiger partial charge < -0.3 is 5.32 Å². The summed E-state index contributed by atoms with van der Waals surface area (Å²) in [6.07, 6.45) is 6.41. The second-order valence-corrected chi connectivity index (χ2v) is 5.82. The van der Waals surface area contributed by atoms with E-state index in [1.54, 1.807) is 6.92 Å². The molecule has 1 fully saturated rings. The molecule has 3 heteroatoms. The first-order valence-corrected chi connectivity index (χ1v) is 7.36. The summed E-state index contributed by atoms with van der Waals surface area (Å²) < 4.78 is 0. The topological polar surface area (TPSA) is 32.3 Å². The molecule has 0 saturated carbocycles. The zero-order valence-corrected chi connectivity index (χ0v) is 11.6. The molecule has 3 nitrogen and oxygen atoms in total. The highest BCUT2D eigenvalue weighted by Crippen LogP contribution is 2.29. The molecule has 19 heavy (non-hydrogen) atoms. The van der Waals surface area contributed by atoms with Gasteiger partial charge in [0.15, 0.2) is 0 Å². The number of piperidine rings is 1. The monoisotopic (exact) mass is 258 g/mol. The Balaban J connectivity index is 1.70. The Morgan fingerprint density at radius 3 is 2.63 bits per heavy atom. The average molecular weight is 258 g/mol. The van der Waals surface area contributed by atoms with Gasteiger partial charge in [-0.05, 0) is 62.0 Å². The average Bonchev–Trinajstić information content (AvgIpc) is 2.82. The molecule has 3 rings (SSSR count). The van der Waals surface area contributed by atoms with Gasteiger partial charge in [0.1, 0.15) is 0 Å². The van der Waals surface area contributed by atoms with Crippen molar-refractivity contribution in [2.75, 3.05) is 18.4 Å². The van der Waals surface area contributed by atoms with Crippen molar-refractivity contribution in [2.45, 2.75) is 45.1 Å². The number of carbonyl (C=O) groups is 1. The van der Waals surface area contributed by atoms with Crippen LogP contribution >= 0.6 is 0 Å². The van der Waals surface area contributed by atoms with Crippen LogP contribution in [0.15, 0.2) is 18.2 Å². The first-order valence-electron chi connectivity index (χ1n) is 7.36. The van der Waals surface area contributed by atoms with E-state index < -0.39 is 0 Å². The maximum absolute atomic E-state index is 11.1. The summed E-state index contributed by atoms with van der Waals surface area (Å²) in [7, 11) is 0. The molecule has 1 aliphatic carbocycles. The van der Waals surface area contributed by atoms with E-state index in [1.807, 2.05) is 6.07 Å². The summed E-state index contributed by atoms with van der Waals surface area (Å²) in [5, 5.41) is 2.88. The van der Waals surface area contributed by atoms with Crippen LogP contribution < -0.4 is 5.32 Å². The van der Waals surface area contributed by atoms with E-state index in [4.69, 9.17) is 0 Å². The van der Waals surface area contributed by atoms with Gasteiger partial charge in [-0.3, -0.25) is 9.69 Å². The van der Waals surface area contributed by atoms with Gasteiger partial charge in [0, 0.05) is 18.7 Å². The number of amides is 1. The summed E-state index contributed by atoms with van der Waals surface area (Å²) in [6, 6.07) is 7.05. The molecule has 1 heterocycles. The normalized spacial score (nSPS) is 23.1. The molecule has 1 saturated heterocycles. The van der Waals surface area contributed by atoms with Gasteiger partial charge in [0.2, 0.25) is 5.91 Å². The molecule has 0 spiro atoms. The predicted molar refractivity (Wildman–Crippen MR) is 77.4 cm³/mol. The van der Waals surface area contributed by atoms with Gasteiger partial charge in [-0.2, -0.15) is 0 Å². The maximum Gasteiger partial charge on any atom is 0.221 e. The highest BCUT2D eigenvalue weighted by Gasteiger charge is 2.27. The van der Waals surface area contributed by atoms with Crippen LogP contribution in [0.25, 0.3) is 0 Å². The number of hydrogen-bond donors (Lipinski definition) is 1. The Hall–Kier alpha value is -1.35. The summed E-state index contributed by atoms with van der Waals surface area (Å²) in [4.78, 5) is 13.8. The highest BCUT2D eigenvalue weighted by molar-refractivity contribution is 5.88. The standard InChI is InChI=1S/C16H22N2O/c1-12(19)17-15-6-5-13-10-16(11-14(13)9-15)18-7-3-2-4-8-18/h5-6,9,16H,2-4,7-8,10-11H2,1H3,(H,17,19)/t16-/m1/s1. The first kappa shape index (κ1) is 12.7. The van der Waals surface area contributed by atoms with Gasteiger partial charge in [-0.15, -0.1) is 0 Å². The number of hydrogen-bond acceptors (Lipinski definition) is 2. The van der Waals surface area contributed by atoms with E-state index in [0.29, 0.717) is 6.04 Å². The van der Waals surface area contributed by atoms with Crippen molar-refractivity contribution in [3.05, 3.63) is 29.3 Å². The second-order valence-electron chi connectivity index (χ2n) is 5.82. The minimum Gasteiger partial charge on any atom is -0.326 e. The smallest absolute Gasteiger partial charge is 0.221 e. The van der Waals surface area contributed by atoms with Crippen molar-refractivity contribution >= 4 is 11.6 Å². The van der Waals surface area contributed by atoms with Crippen LogP contribution in [0, 0.1) is 0 Å². The van der Waals surface area contributed by atoms with Crippen LogP contribution in [-0.4, -0.2) is 29.9 Å². The van der Waals surface area contributed by atoms with E-state index in [1.165, 1.54) is 49.9 Å². The molecule has 1 aliphatic heterocycles.